The summed E-state index contributed by atoms with van der Waals surface area (Å²) in [5.41, 5.74) is 0.780. The van der Waals surface area contributed by atoms with E-state index in [0.29, 0.717) is 0 Å². The van der Waals surface area contributed by atoms with Crippen LogP contribution in [0.5, 0.6) is 0 Å². The van der Waals surface area contributed by atoms with Crippen molar-refractivity contribution in [2.45, 2.75) is 12.6 Å². The van der Waals surface area contributed by atoms with Gasteiger partial charge < -0.3 is 9.84 Å². The highest BCUT2D eigenvalue weighted by Gasteiger charge is 2.22. The van der Waals surface area contributed by atoms with Gasteiger partial charge in [0.2, 0.25) is 10.0 Å². The van der Waals surface area contributed by atoms with Crippen molar-refractivity contribution < 1.29 is 23.1 Å². The zero-order chi connectivity index (χ0) is 13.6. The number of rotatable bonds is 6. The number of aliphatic hydroxyl groups excluding tert-OH is 1. The van der Waals surface area contributed by atoms with Crippen molar-refractivity contribution >= 4 is 16.0 Å². The molecule has 0 aliphatic rings. The van der Waals surface area contributed by atoms with E-state index in [-0.39, 0.29) is 6.61 Å². The highest BCUT2D eigenvalue weighted by atomic mass is 32.2. The van der Waals surface area contributed by atoms with Gasteiger partial charge in [-0.15, -0.1) is 0 Å². The Hall–Kier alpha value is -1.44. The Bertz CT molecular complexity index is 485. The molecular formula is C11H15NO5S. The lowest BCUT2D eigenvalue weighted by atomic mass is 10.2. The summed E-state index contributed by atoms with van der Waals surface area (Å²) in [5, 5.41) is 8.93. The molecule has 0 aliphatic heterocycles. The number of esters is 1. The minimum atomic E-state index is -3.57. The van der Waals surface area contributed by atoms with E-state index < -0.39 is 28.6 Å². The molecule has 100 valence electrons. The fourth-order valence-electron chi connectivity index (χ4n) is 1.25. The third-order valence-electron chi connectivity index (χ3n) is 2.05. The molecule has 0 bridgehead atoms. The third-order valence-corrected chi connectivity index (χ3v) is 2.76. The molecule has 2 N–H and O–H groups in total. The van der Waals surface area contributed by atoms with Gasteiger partial charge in [-0.25, -0.2) is 8.42 Å². The fraction of sp³-hybridized carbons (Fsp3) is 0.364. The molecule has 0 heterocycles. The number of aliphatic hydroxyl groups is 1. The lowest BCUT2D eigenvalue weighted by Crippen LogP contribution is -2.43. The Balaban J connectivity index is 2.53. The van der Waals surface area contributed by atoms with Crippen molar-refractivity contribution in [1.82, 2.24) is 4.72 Å². The number of benzene rings is 1. The lowest BCUT2D eigenvalue weighted by Gasteiger charge is -2.13. The van der Waals surface area contributed by atoms with Crippen LogP contribution in [-0.4, -0.2) is 38.4 Å². The topological polar surface area (TPSA) is 92.7 Å². The average molecular weight is 273 g/mol. The molecule has 0 unspecified atom stereocenters. The second-order valence-electron chi connectivity index (χ2n) is 3.72. The quantitative estimate of drug-likeness (QED) is 0.690. The molecule has 0 saturated heterocycles. The highest BCUT2D eigenvalue weighted by molar-refractivity contribution is 7.88. The van der Waals surface area contributed by atoms with E-state index in [1.165, 1.54) is 0 Å². The zero-order valence-electron chi connectivity index (χ0n) is 9.87. The predicted molar refractivity (Wildman–Crippen MR) is 65.1 cm³/mol. The summed E-state index contributed by atoms with van der Waals surface area (Å²) >= 11 is 0. The van der Waals surface area contributed by atoms with Gasteiger partial charge in [-0.3, -0.25) is 4.79 Å². The maximum Gasteiger partial charge on any atom is 0.326 e. The molecule has 1 aromatic carbocycles. The second-order valence-corrected chi connectivity index (χ2v) is 5.50. The van der Waals surface area contributed by atoms with Gasteiger partial charge in [0.05, 0.1) is 12.9 Å². The van der Waals surface area contributed by atoms with Gasteiger partial charge in [0.25, 0.3) is 0 Å². The minimum Gasteiger partial charge on any atom is -0.460 e. The smallest absolute Gasteiger partial charge is 0.326 e. The first-order valence-corrected chi connectivity index (χ1v) is 7.10. The lowest BCUT2D eigenvalue weighted by molar-refractivity contribution is -0.148. The van der Waals surface area contributed by atoms with Crippen LogP contribution in [0.2, 0.25) is 0 Å². The van der Waals surface area contributed by atoms with E-state index in [4.69, 9.17) is 9.84 Å². The van der Waals surface area contributed by atoms with Crippen LogP contribution in [0.15, 0.2) is 30.3 Å². The molecule has 1 aromatic rings. The molecule has 1 atom stereocenters. The summed E-state index contributed by atoms with van der Waals surface area (Å²) < 4.78 is 28.8. The summed E-state index contributed by atoms with van der Waals surface area (Å²) in [6.45, 7) is -0.623. The molecule has 0 aliphatic carbocycles. The van der Waals surface area contributed by atoms with Crippen LogP contribution in [0, 0.1) is 0 Å². The molecule has 0 saturated carbocycles. The first-order chi connectivity index (χ1) is 8.42. The SMILES string of the molecule is CS(=O)(=O)N[C@@H](CO)C(=O)OCc1ccccc1. The van der Waals surface area contributed by atoms with E-state index in [0.717, 1.165) is 11.8 Å². The largest absolute Gasteiger partial charge is 0.460 e. The number of sulfonamides is 1. The Kier molecular flexibility index (Phi) is 5.26. The van der Waals surface area contributed by atoms with Gasteiger partial charge in [0.1, 0.15) is 12.6 Å². The van der Waals surface area contributed by atoms with Gasteiger partial charge in [0.15, 0.2) is 0 Å². The maximum absolute atomic E-state index is 11.5. The first-order valence-electron chi connectivity index (χ1n) is 5.21. The summed E-state index contributed by atoms with van der Waals surface area (Å²) in [6.07, 6.45) is 0.903. The predicted octanol–water partition coefficient (Wildman–Crippen LogP) is -0.360. The van der Waals surface area contributed by atoms with Gasteiger partial charge in [-0.1, -0.05) is 30.3 Å². The zero-order valence-corrected chi connectivity index (χ0v) is 10.7. The minimum absolute atomic E-state index is 0.0294. The number of carbonyl (C=O) groups is 1. The second kappa shape index (κ2) is 6.48. The number of ether oxygens (including phenoxy) is 1. The molecule has 0 fully saturated rings. The van der Waals surface area contributed by atoms with Crippen LogP contribution in [-0.2, 0) is 26.2 Å². The van der Waals surface area contributed by atoms with E-state index >= 15 is 0 Å². The standard InChI is InChI=1S/C11H15NO5S/c1-18(15,16)12-10(7-13)11(14)17-8-9-5-3-2-4-6-9/h2-6,10,12-13H,7-8H2,1H3/t10-/m0/s1. The monoisotopic (exact) mass is 273 g/mol. The number of carbonyl (C=O) groups excluding carboxylic acids is 1. The van der Waals surface area contributed by atoms with Gasteiger partial charge >= 0.3 is 5.97 Å². The molecule has 0 amide bonds. The average Bonchev–Trinajstić information content (AvgIpc) is 2.33. The normalized spacial score (nSPS) is 13.0. The summed E-state index contributed by atoms with van der Waals surface area (Å²) in [7, 11) is -3.57. The molecular weight excluding hydrogens is 258 g/mol. The number of hydrogen-bond acceptors (Lipinski definition) is 5. The molecule has 0 aromatic heterocycles. The number of nitrogens with one attached hydrogen (secondary N) is 1. The van der Waals surface area contributed by atoms with Crippen molar-refractivity contribution in [2.24, 2.45) is 0 Å². The number of hydrogen-bond donors (Lipinski definition) is 2. The van der Waals surface area contributed by atoms with E-state index in [2.05, 4.69) is 0 Å². The molecule has 0 radical (unpaired) electrons. The molecule has 7 heteroatoms. The molecule has 0 spiro atoms. The Morgan fingerprint density at radius 3 is 2.50 bits per heavy atom. The summed E-state index contributed by atoms with van der Waals surface area (Å²) in [5.74, 6) is -0.813. The van der Waals surface area contributed by atoms with Crippen LogP contribution >= 0.6 is 0 Å². The van der Waals surface area contributed by atoms with Crippen LogP contribution in [0.1, 0.15) is 5.56 Å². The fourth-order valence-corrected chi connectivity index (χ4v) is 1.94. The van der Waals surface area contributed by atoms with Crippen molar-refractivity contribution in [3.63, 3.8) is 0 Å². The Labute approximate surface area is 106 Å². The van der Waals surface area contributed by atoms with Crippen molar-refractivity contribution in [2.75, 3.05) is 12.9 Å². The van der Waals surface area contributed by atoms with E-state index in [1.54, 1.807) is 24.3 Å². The van der Waals surface area contributed by atoms with Crippen LogP contribution in [0.25, 0.3) is 0 Å². The van der Waals surface area contributed by atoms with Crippen LogP contribution in [0.4, 0.5) is 0 Å². The summed E-state index contributed by atoms with van der Waals surface area (Å²) in [6, 6.07) is 7.68. The van der Waals surface area contributed by atoms with Crippen molar-refractivity contribution in [3.8, 4) is 0 Å². The molecule has 6 nitrogen and oxygen atoms in total. The van der Waals surface area contributed by atoms with Gasteiger partial charge in [-0.05, 0) is 5.56 Å². The summed E-state index contributed by atoms with van der Waals surface area (Å²) in [4.78, 5) is 11.5. The third kappa shape index (κ3) is 5.26. The van der Waals surface area contributed by atoms with Crippen LogP contribution in [0.3, 0.4) is 0 Å². The first kappa shape index (κ1) is 14.6. The maximum atomic E-state index is 11.5. The highest BCUT2D eigenvalue weighted by Crippen LogP contribution is 2.02. The van der Waals surface area contributed by atoms with Gasteiger partial charge in [-0.2, -0.15) is 4.72 Å². The van der Waals surface area contributed by atoms with Crippen molar-refractivity contribution in [1.29, 1.82) is 0 Å². The van der Waals surface area contributed by atoms with E-state index in [1.807, 2.05) is 10.8 Å². The molecule has 18 heavy (non-hydrogen) atoms. The van der Waals surface area contributed by atoms with Crippen molar-refractivity contribution in [3.05, 3.63) is 35.9 Å². The Morgan fingerprint density at radius 1 is 1.39 bits per heavy atom. The van der Waals surface area contributed by atoms with Crippen LogP contribution < -0.4 is 4.72 Å². The Morgan fingerprint density at radius 2 is 2.00 bits per heavy atom. The van der Waals surface area contributed by atoms with E-state index in [9.17, 15) is 13.2 Å². The molecule has 1 rings (SSSR count). The van der Waals surface area contributed by atoms with Gasteiger partial charge in [0, 0.05) is 0 Å².